The molecule has 18 unspecified atom stereocenters. The molecule has 4 fully saturated rings. The van der Waals surface area contributed by atoms with E-state index in [1.165, 1.54) is 0 Å². The minimum absolute atomic E-state index is 0.332. The van der Waals surface area contributed by atoms with E-state index in [1.54, 1.807) is 0 Å². The van der Waals surface area contributed by atoms with Crippen molar-refractivity contribution >= 4 is 12.2 Å². The van der Waals surface area contributed by atoms with Gasteiger partial charge in [0.05, 0.1) is 45.7 Å². The van der Waals surface area contributed by atoms with E-state index in [4.69, 9.17) is 33.2 Å². The second-order valence-corrected chi connectivity index (χ2v) is 12.5. The SMILES string of the molecule is CC(=O)NC1C(OC2C(O)C(CC=O)OC(OC3C(CO)OCC(O)C3O)C2O)OC(CO)C(OCC2(O)COC(CO)C(O)C2O)C1O. The molecule has 4 saturated heterocycles. The van der Waals surface area contributed by atoms with Gasteiger partial charge in [-0.15, -0.1) is 0 Å². The monoisotopic (exact) mass is 717 g/mol. The van der Waals surface area contributed by atoms with Gasteiger partial charge in [0.1, 0.15) is 97.3 Å². The lowest BCUT2D eigenvalue weighted by Gasteiger charge is -2.49. The van der Waals surface area contributed by atoms with Gasteiger partial charge in [-0.05, 0) is 0 Å². The first-order valence-corrected chi connectivity index (χ1v) is 15.7. The summed E-state index contributed by atoms with van der Waals surface area (Å²) in [5.41, 5.74) is -2.25. The summed E-state index contributed by atoms with van der Waals surface area (Å²) in [6.45, 7) is -2.82. The molecule has 4 aliphatic rings. The number of aldehydes is 1. The predicted octanol–water partition coefficient (Wildman–Crippen LogP) is -8.28. The molecule has 0 aliphatic carbocycles. The molecule has 49 heavy (non-hydrogen) atoms. The number of carbonyl (C=O) groups excluding carboxylic acids is 2. The third kappa shape index (κ3) is 8.73. The fourth-order valence-corrected chi connectivity index (χ4v) is 6.22. The molecule has 21 nitrogen and oxygen atoms in total. The van der Waals surface area contributed by atoms with E-state index in [9.17, 15) is 65.8 Å². The maximum Gasteiger partial charge on any atom is 0.217 e. The van der Waals surface area contributed by atoms with E-state index < -0.39 is 155 Å². The topological polar surface area (TPSA) is 333 Å². The van der Waals surface area contributed by atoms with Gasteiger partial charge in [0, 0.05) is 13.3 Å². The van der Waals surface area contributed by atoms with Crippen LogP contribution in [0, 0.1) is 0 Å². The predicted molar refractivity (Wildman–Crippen MR) is 153 cm³/mol. The Hall–Kier alpha value is -1.58. The molecular weight excluding hydrogens is 670 g/mol. The van der Waals surface area contributed by atoms with Crippen molar-refractivity contribution in [1.29, 1.82) is 0 Å². The second-order valence-electron chi connectivity index (χ2n) is 12.5. The highest BCUT2D eigenvalue weighted by atomic mass is 16.7. The number of hydrogen-bond donors (Lipinski definition) is 12. The van der Waals surface area contributed by atoms with Crippen molar-refractivity contribution in [3.05, 3.63) is 0 Å². The lowest BCUT2D eigenvalue weighted by atomic mass is 9.88. The standard InChI is InChI=1S/C28H47NO20/c1-10(34)29-16-20(39)22(45-9-28(42)8-44-13(4-31)19(38)25(28)41)15(6-33)47-26(16)49-24-18(37)12(2-3-30)46-27(21(24)40)48-23-14(5-32)43-7-11(35)17(23)36/h3,11-27,31-33,35-42H,2,4-9H2,1H3,(H,29,34). The number of hydrogen-bond acceptors (Lipinski definition) is 20. The van der Waals surface area contributed by atoms with Gasteiger partial charge >= 0.3 is 0 Å². The zero-order chi connectivity index (χ0) is 36.2. The van der Waals surface area contributed by atoms with Crippen LogP contribution in [0.15, 0.2) is 0 Å². The van der Waals surface area contributed by atoms with Crippen LogP contribution in [0.1, 0.15) is 13.3 Å². The third-order valence-corrected chi connectivity index (χ3v) is 9.04. The van der Waals surface area contributed by atoms with Crippen LogP contribution in [-0.2, 0) is 42.7 Å². The van der Waals surface area contributed by atoms with E-state index in [0.717, 1.165) is 6.92 Å². The lowest BCUT2D eigenvalue weighted by Crippen LogP contribution is -2.69. The number of rotatable bonds is 13. The Kier molecular flexibility index (Phi) is 14.2. The van der Waals surface area contributed by atoms with E-state index in [1.807, 2.05) is 0 Å². The summed E-state index contributed by atoms with van der Waals surface area (Å²) >= 11 is 0. The van der Waals surface area contributed by atoms with Gasteiger partial charge in [-0.25, -0.2) is 0 Å². The first kappa shape index (κ1) is 40.2. The number of amides is 1. The van der Waals surface area contributed by atoms with Crippen LogP contribution in [0.3, 0.4) is 0 Å². The highest BCUT2D eigenvalue weighted by Gasteiger charge is 2.55. The Bertz CT molecular complexity index is 1070. The Morgan fingerprint density at radius 2 is 1.41 bits per heavy atom. The molecule has 0 radical (unpaired) electrons. The van der Waals surface area contributed by atoms with Crippen LogP contribution in [-0.4, -0.2) is 218 Å². The molecule has 12 N–H and O–H groups in total. The summed E-state index contributed by atoms with van der Waals surface area (Å²) in [6, 6.07) is -1.55. The molecule has 0 bridgehead atoms. The van der Waals surface area contributed by atoms with Crippen molar-refractivity contribution in [3.63, 3.8) is 0 Å². The minimum atomic E-state index is -2.25. The summed E-state index contributed by atoms with van der Waals surface area (Å²) in [6.07, 6.45) is -25.7. The highest BCUT2D eigenvalue weighted by Crippen LogP contribution is 2.34. The smallest absolute Gasteiger partial charge is 0.217 e. The van der Waals surface area contributed by atoms with E-state index >= 15 is 0 Å². The molecule has 0 saturated carbocycles. The molecule has 0 aromatic carbocycles. The van der Waals surface area contributed by atoms with Gasteiger partial charge in [-0.3, -0.25) is 4.79 Å². The normalized spacial score (nSPS) is 47.8. The molecule has 4 aliphatic heterocycles. The van der Waals surface area contributed by atoms with Crippen molar-refractivity contribution < 1.29 is 98.9 Å². The van der Waals surface area contributed by atoms with Crippen LogP contribution in [0.25, 0.3) is 0 Å². The van der Waals surface area contributed by atoms with Gasteiger partial charge in [-0.2, -0.15) is 0 Å². The Morgan fingerprint density at radius 1 is 0.776 bits per heavy atom. The van der Waals surface area contributed by atoms with Gasteiger partial charge in [0.25, 0.3) is 0 Å². The van der Waals surface area contributed by atoms with Gasteiger partial charge < -0.3 is 99.4 Å². The fourth-order valence-electron chi connectivity index (χ4n) is 6.22. The molecule has 4 rings (SSSR count). The van der Waals surface area contributed by atoms with Gasteiger partial charge in [0.15, 0.2) is 12.6 Å². The van der Waals surface area contributed by atoms with Crippen LogP contribution in [0.2, 0.25) is 0 Å². The molecule has 18 atom stereocenters. The van der Waals surface area contributed by atoms with Gasteiger partial charge in [0.2, 0.25) is 5.91 Å². The van der Waals surface area contributed by atoms with E-state index in [2.05, 4.69) is 5.32 Å². The van der Waals surface area contributed by atoms with Crippen LogP contribution in [0.5, 0.6) is 0 Å². The fraction of sp³-hybridized carbons (Fsp3) is 0.929. The molecule has 4 heterocycles. The Morgan fingerprint density at radius 3 is 2.02 bits per heavy atom. The molecule has 284 valence electrons. The molecule has 0 aromatic rings. The Balaban J connectivity index is 1.54. The molecular formula is C28H47NO20. The van der Waals surface area contributed by atoms with Crippen molar-refractivity contribution in [2.45, 2.75) is 123 Å². The maximum atomic E-state index is 12.2. The van der Waals surface area contributed by atoms with Crippen molar-refractivity contribution in [2.24, 2.45) is 0 Å². The highest BCUT2D eigenvalue weighted by molar-refractivity contribution is 5.73. The summed E-state index contributed by atoms with van der Waals surface area (Å²) in [5, 5.41) is 117. The van der Waals surface area contributed by atoms with E-state index in [-0.39, 0.29) is 6.61 Å². The minimum Gasteiger partial charge on any atom is -0.394 e. The van der Waals surface area contributed by atoms with Crippen molar-refractivity contribution in [3.8, 4) is 0 Å². The van der Waals surface area contributed by atoms with Crippen LogP contribution >= 0.6 is 0 Å². The summed E-state index contributed by atoms with van der Waals surface area (Å²) in [4.78, 5) is 23.6. The Labute approximate surface area is 279 Å². The summed E-state index contributed by atoms with van der Waals surface area (Å²) < 4.78 is 39.1. The summed E-state index contributed by atoms with van der Waals surface area (Å²) in [5.74, 6) is -0.719. The van der Waals surface area contributed by atoms with Crippen molar-refractivity contribution in [2.75, 3.05) is 39.6 Å². The number of aliphatic hydroxyl groups excluding tert-OH is 10. The molecule has 21 heteroatoms. The van der Waals surface area contributed by atoms with Crippen LogP contribution < -0.4 is 5.32 Å². The van der Waals surface area contributed by atoms with Gasteiger partial charge in [-0.1, -0.05) is 0 Å². The maximum absolute atomic E-state index is 12.2. The average molecular weight is 718 g/mol. The number of aliphatic hydroxyl groups is 11. The zero-order valence-electron chi connectivity index (χ0n) is 26.4. The average Bonchev–Trinajstić information content (AvgIpc) is 3.07. The third-order valence-electron chi connectivity index (χ3n) is 9.04. The van der Waals surface area contributed by atoms with Crippen molar-refractivity contribution in [1.82, 2.24) is 5.32 Å². The van der Waals surface area contributed by atoms with E-state index in [0.29, 0.717) is 6.29 Å². The molecule has 1 amide bonds. The quantitative estimate of drug-likeness (QED) is 0.0787. The first-order valence-electron chi connectivity index (χ1n) is 15.7. The number of ether oxygens (including phenoxy) is 7. The number of carbonyl (C=O) groups is 2. The lowest BCUT2D eigenvalue weighted by molar-refractivity contribution is -0.363. The number of nitrogens with one attached hydrogen (secondary N) is 1. The zero-order valence-corrected chi connectivity index (χ0v) is 26.4. The first-order chi connectivity index (χ1) is 23.2. The summed E-state index contributed by atoms with van der Waals surface area (Å²) in [7, 11) is 0. The largest absolute Gasteiger partial charge is 0.394 e. The van der Waals surface area contributed by atoms with Crippen LogP contribution in [0.4, 0.5) is 0 Å². The second kappa shape index (κ2) is 17.3. The molecule has 0 spiro atoms. The molecule has 0 aromatic heterocycles.